The fourth-order valence-corrected chi connectivity index (χ4v) is 3.32. The van der Waals surface area contributed by atoms with E-state index in [-0.39, 0.29) is 5.97 Å². The minimum absolute atomic E-state index is 0.343. The highest BCUT2D eigenvalue weighted by molar-refractivity contribution is 7.16. The number of aryl methyl sites for hydroxylation is 3. The van der Waals surface area contributed by atoms with Gasteiger partial charge in [0.2, 0.25) is 0 Å². The molecule has 1 aromatic heterocycles. The summed E-state index contributed by atoms with van der Waals surface area (Å²) in [5.41, 5.74) is 10.8. The van der Waals surface area contributed by atoms with Crippen LogP contribution in [0.2, 0.25) is 0 Å². The molecule has 20 heavy (non-hydrogen) atoms. The Hall–Kier alpha value is -1.81. The van der Waals surface area contributed by atoms with Gasteiger partial charge in [0.15, 0.2) is 0 Å². The van der Waals surface area contributed by atoms with E-state index in [0.29, 0.717) is 17.2 Å². The lowest BCUT2D eigenvalue weighted by Crippen LogP contribution is -2.07. The lowest BCUT2D eigenvalue weighted by atomic mass is 9.96. The van der Waals surface area contributed by atoms with Gasteiger partial charge in [0.25, 0.3) is 0 Å². The number of rotatable bonds is 3. The molecule has 0 spiro atoms. The van der Waals surface area contributed by atoms with Crippen LogP contribution in [0.3, 0.4) is 0 Å². The Bertz CT molecular complexity index is 659. The quantitative estimate of drug-likeness (QED) is 0.865. The fraction of sp³-hybridized carbons (Fsp3) is 0.312. The van der Waals surface area contributed by atoms with E-state index in [1.165, 1.54) is 16.9 Å². The van der Waals surface area contributed by atoms with Crippen LogP contribution in [0.25, 0.3) is 11.1 Å². The Morgan fingerprint density at radius 1 is 1.30 bits per heavy atom. The second kappa shape index (κ2) is 5.67. The summed E-state index contributed by atoms with van der Waals surface area (Å²) >= 11 is 1.43. The lowest BCUT2D eigenvalue weighted by Gasteiger charge is -2.10. The molecule has 0 radical (unpaired) electrons. The molecule has 0 amide bonds. The highest BCUT2D eigenvalue weighted by Crippen LogP contribution is 2.40. The van der Waals surface area contributed by atoms with Gasteiger partial charge in [-0.05, 0) is 38.8 Å². The van der Waals surface area contributed by atoms with Crippen LogP contribution >= 0.6 is 11.3 Å². The Labute approximate surface area is 123 Å². The molecule has 2 rings (SSSR count). The van der Waals surface area contributed by atoms with Gasteiger partial charge in [-0.15, -0.1) is 11.3 Å². The Balaban J connectivity index is 2.64. The number of esters is 1. The summed E-state index contributed by atoms with van der Waals surface area (Å²) in [7, 11) is 0. The first-order valence-electron chi connectivity index (χ1n) is 6.59. The predicted octanol–water partition coefficient (Wildman–Crippen LogP) is 4.10. The molecule has 0 atom stereocenters. The molecule has 4 heteroatoms. The summed E-state index contributed by atoms with van der Waals surface area (Å²) in [5.74, 6) is -0.343. The summed E-state index contributed by atoms with van der Waals surface area (Å²) in [4.78, 5) is 13.2. The Kier molecular flexibility index (Phi) is 4.14. The summed E-state index contributed by atoms with van der Waals surface area (Å²) in [6, 6.07) is 6.20. The molecule has 0 bridgehead atoms. The molecule has 0 unspecified atom stereocenters. The largest absolute Gasteiger partial charge is 0.462 e. The summed E-state index contributed by atoms with van der Waals surface area (Å²) < 4.78 is 5.14. The van der Waals surface area contributed by atoms with Crippen LogP contribution in [-0.2, 0) is 4.74 Å². The molecular weight excluding hydrogens is 270 g/mol. The average Bonchev–Trinajstić information content (AvgIpc) is 2.64. The maximum atomic E-state index is 12.2. The van der Waals surface area contributed by atoms with Gasteiger partial charge in [0.1, 0.15) is 10.6 Å². The normalized spacial score (nSPS) is 10.6. The summed E-state index contributed by atoms with van der Waals surface area (Å²) in [6.45, 7) is 8.23. The summed E-state index contributed by atoms with van der Waals surface area (Å²) in [6.07, 6.45) is 0. The van der Waals surface area contributed by atoms with Crippen molar-refractivity contribution in [3.8, 4) is 11.1 Å². The zero-order valence-electron chi connectivity index (χ0n) is 12.2. The molecule has 0 aliphatic heterocycles. The minimum Gasteiger partial charge on any atom is -0.462 e. The van der Waals surface area contributed by atoms with Gasteiger partial charge in [-0.2, -0.15) is 0 Å². The van der Waals surface area contributed by atoms with Crippen molar-refractivity contribution < 1.29 is 9.53 Å². The van der Waals surface area contributed by atoms with Crippen molar-refractivity contribution in [1.82, 2.24) is 0 Å². The highest BCUT2D eigenvalue weighted by atomic mass is 32.1. The van der Waals surface area contributed by atoms with Crippen LogP contribution in [0.15, 0.2) is 18.2 Å². The van der Waals surface area contributed by atoms with Crippen molar-refractivity contribution in [2.45, 2.75) is 27.7 Å². The zero-order valence-corrected chi connectivity index (χ0v) is 13.1. The third-order valence-corrected chi connectivity index (χ3v) is 4.18. The number of nitrogens with two attached hydrogens (primary N) is 1. The number of carbonyl (C=O) groups excluding carboxylic acids is 1. The molecule has 1 aromatic carbocycles. The third-order valence-electron chi connectivity index (χ3n) is 3.24. The van der Waals surface area contributed by atoms with Crippen molar-refractivity contribution in [2.24, 2.45) is 0 Å². The van der Waals surface area contributed by atoms with Crippen molar-refractivity contribution >= 4 is 22.3 Å². The van der Waals surface area contributed by atoms with Gasteiger partial charge in [-0.25, -0.2) is 4.79 Å². The van der Waals surface area contributed by atoms with Gasteiger partial charge in [-0.1, -0.05) is 23.8 Å². The molecule has 0 aliphatic rings. The number of hydrogen-bond acceptors (Lipinski definition) is 4. The second-order valence-corrected chi connectivity index (χ2v) is 6.07. The van der Waals surface area contributed by atoms with E-state index in [1.807, 2.05) is 26.0 Å². The van der Waals surface area contributed by atoms with Crippen molar-refractivity contribution in [2.75, 3.05) is 12.3 Å². The number of ether oxygens (including phenoxy) is 1. The van der Waals surface area contributed by atoms with Crippen LogP contribution < -0.4 is 5.73 Å². The number of anilines is 1. The van der Waals surface area contributed by atoms with Crippen LogP contribution in [0.4, 0.5) is 5.00 Å². The molecule has 0 aliphatic carbocycles. The second-order valence-electron chi connectivity index (χ2n) is 4.81. The first-order valence-corrected chi connectivity index (χ1v) is 7.41. The van der Waals surface area contributed by atoms with Gasteiger partial charge in [0.05, 0.1) is 6.61 Å². The maximum absolute atomic E-state index is 12.2. The van der Waals surface area contributed by atoms with Crippen molar-refractivity contribution in [1.29, 1.82) is 0 Å². The van der Waals surface area contributed by atoms with Crippen molar-refractivity contribution in [3.05, 3.63) is 39.8 Å². The molecule has 106 valence electrons. The standard InChI is InChI=1S/C16H19NO2S/c1-5-19-16(18)14-13(11(4)20-15(14)17)12-7-6-9(2)8-10(12)3/h6-8H,5,17H2,1-4H3. The summed E-state index contributed by atoms with van der Waals surface area (Å²) in [5, 5.41) is 0.524. The monoisotopic (exact) mass is 289 g/mol. The molecule has 0 saturated carbocycles. The predicted molar refractivity (Wildman–Crippen MR) is 84.3 cm³/mol. The maximum Gasteiger partial charge on any atom is 0.341 e. The number of carbonyl (C=O) groups is 1. The van der Waals surface area contributed by atoms with Gasteiger partial charge >= 0.3 is 5.97 Å². The average molecular weight is 289 g/mol. The van der Waals surface area contributed by atoms with E-state index >= 15 is 0 Å². The van der Waals surface area contributed by atoms with E-state index < -0.39 is 0 Å². The van der Waals surface area contributed by atoms with Crippen molar-refractivity contribution in [3.63, 3.8) is 0 Å². The van der Waals surface area contributed by atoms with Gasteiger partial charge in [0, 0.05) is 10.4 Å². The van der Waals surface area contributed by atoms with Gasteiger partial charge < -0.3 is 10.5 Å². The number of nitrogen functional groups attached to an aromatic ring is 1. The lowest BCUT2D eigenvalue weighted by molar-refractivity contribution is 0.0529. The molecular formula is C16H19NO2S. The first-order chi connectivity index (χ1) is 9.45. The Morgan fingerprint density at radius 3 is 2.60 bits per heavy atom. The minimum atomic E-state index is -0.343. The fourth-order valence-electron chi connectivity index (χ4n) is 2.39. The van der Waals surface area contributed by atoms with Crippen LogP contribution in [0.5, 0.6) is 0 Å². The molecule has 3 nitrogen and oxygen atoms in total. The van der Waals surface area contributed by atoms with Gasteiger partial charge in [-0.3, -0.25) is 0 Å². The molecule has 2 N–H and O–H groups in total. The van der Waals surface area contributed by atoms with E-state index in [1.54, 1.807) is 6.92 Å². The van der Waals surface area contributed by atoms with Crippen LogP contribution in [-0.4, -0.2) is 12.6 Å². The number of benzene rings is 1. The Morgan fingerprint density at radius 2 is 2.00 bits per heavy atom. The zero-order chi connectivity index (χ0) is 14.9. The topological polar surface area (TPSA) is 52.3 Å². The number of thiophene rings is 1. The molecule has 2 aromatic rings. The van der Waals surface area contributed by atoms with Crippen LogP contribution in [0, 0.1) is 20.8 Å². The smallest absolute Gasteiger partial charge is 0.341 e. The molecule has 0 fully saturated rings. The highest BCUT2D eigenvalue weighted by Gasteiger charge is 2.23. The number of hydrogen-bond donors (Lipinski definition) is 1. The first kappa shape index (κ1) is 14.6. The SMILES string of the molecule is CCOC(=O)c1c(N)sc(C)c1-c1ccc(C)cc1C. The molecule has 1 heterocycles. The molecule has 0 saturated heterocycles. The van der Waals surface area contributed by atoms with Crippen LogP contribution in [0.1, 0.15) is 33.3 Å². The van der Waals surface area contributed by atoms with E-state index in [4.69, 9.17) is 10.5 Å². The van der Waals surface area contributed by atoms with E-state index in [9.17, 15) is 4.79 Å². The third kappa shape index (κ3) is 2.56. The van der Waals surface area contributed by atoms with E-state index in [2.05, 4.69) is 13.0 Å². The van der Waals surface area contributed by atoms with E-state index in [0.717, 1.165) is 21.6 Å².